The molecule has 2 aromatic rings. The lowest BCUT2D eigenvalue weighted by molar-refractivity contribution is -0.122. The fraction of sp³-hybridized carbons (Fsp3) is 0.231. The molecule has 1 amide bonds. The van der Waals surface area contributed by atoms with Crippen LogP contribution in [0.25, 0.3) is 0 Å². The van der Waals surface area contributed by atoms with Gasteiger partial charge in [-0.3, -0.25) is 4.79 Å². The van der Waals surface area contributed by atoms with Gasteiger partial charge in [0.25, 0.3) is 0 Å². The van der Waals surface area contributed by atoms with E-state index in [9.17, 15) is 19.7 Å². The zero-order valence-electron chi connectivity index (χ0n) is 12.6. The summed E-state index contributed by atoms with van der Waals surface area (Å²) in [7, 11) is 0.0449. The number of carboxylic acids is 1. The van der Waals surface area contributed by atoms with Crippen molar-refractivity contribution in [2.75, 3.05) is 0 Å². The molecule has 1 aliphatic heterocycles. The van der Waals surface area contributed by atoms with Crippen LogP contribution in [0.5, 0.6) is 5.75 Å². The van der Waals surface area contributed by atoms with Gasteiger partial charge in [-0.05, 0) is 27.0 Å². The van der Waals surface area contributed by atoms with Crippen LogP contribution in [0, 0.1) is 0 Å². The van der Waals surface area contributed by atoms with Gasteiger partial charge in [0.05, 0.1) is 17.7 Å². The lowest BCUT2D eigenvalue weighted by Crippen LogP contribution is -2.53. The van der Waals surface area contributed by atoms with E-state index in [2.05, 4.69) is 36.8 Å². The number of hydrogen-bond donors (Lipinski definition) is 3. The Morgan fingerprint density at radius 3 is 3.00 bits per heavy atom. The summed E-state index contributed by atoms with van der Waals surface area (Å²) in [6.07, 6.45) is 1.90. The minimum atomic E-state index is -1.34. The number of fused-ring (bicyclic) bond motifs is 1. The molecule has 0 bridgehead atoms. The van der Waals surface area contributed by atoms with Crippen LogP contribution < -0.4 is 9.97 Å². The van der Waals surface area contributed by atoms with E-state index in [-0.39, 0.29) is 30.2 Å². The third-order valence-electron chi connectivity index (χ3n) is 3.60. The van der Waals surface area contributed by atoms with Gasteiger partial charge in [-0.2, -0.15) is 0 Å². The van der Waals surface area contributed by atoms with Crippen molar-refractivity contribution >= 4 is 49.1 Å². The number of rotatable bonds is 5. The van der Waals surface area contributed by atoms with E-state index in [4.69, 9.17) is 4.65 Å². The number of para-hydroxylation sites is 1. The highest BCUT2D eigenvalue weighted by Gasteiger charge is 2.37. The molecular formula is C13H12BIN4O5S. The van der Waals surface area contributed by atoms with Crippen molar-refractivity contribution in [3.8, 4) is 5.75 Å². The number of aromatic carboxylic acids is 1. The molecule has 1 unspecified atom stereocenters. The molecule has 0 radical (unpaired) electrons. The van der Waals surface area contributed by atoms with Gasteiger partial charge < -0.3 is 20.1 Å². The standard InChI is InChI=1S/C13H12BIN4O5S/c15-25-11-6-19(18-17-11)5-10(20)16-9-4-7-2-1-3-8(13(21)22)12(7)24-14(9)23/h1-3,6,9,23H,4-5H2,(H,16,20)(H,21,22). The van der Waals surface area contributed by atoms with Crippen LogP contribution in [0.1, 0.15) is 15.9 Å². The Labute approximate surface area is 158 Å². The maximum atomic E-state index is 12.1. The van der Waals surface area contributed by atoms with Gasteiger partial charge >= 0.3 is 13.1 Å². The molecule has 2 heterocycles. The van der Waals surface area contributed by atoms with Gasteiger partial charge in [0.1, 0.15) is 17.3 Å². The highest BCUT2D eigenvalue weighted by atomic mass is 127. The first-order valence-electron chi connectivity index (χ1n) is 7.16. The van der Waals surface area contributed by atoms with Gasteiger partial charge in [-0.1, -0.05) is 17.3 Å². The van der Waals surface area contributed by atoms with Crippen molar-refractivity contribution in [3.63, 3.8) is 0 Å². The normalized spacial score (nSPS) is 16.1. The van der Waals surface area contributed by atoms with E-state index < -0.39 is 19.0 Å². The van der Waals surface area contributed by atoms with E-state index in [0.717, 1.165) is 0 Å². The molecule has 0 saturated heterocycles. The molecule has 0 saturated carbocycles. The molecule has 1 aromatic carbocycles. The highest BCUT2D eigenvalue weighted by molar-refractivity contribution is 14.2. The van der Waals surface area contributed by atoms with Crippen LogP contribution in [0.2, 0.25) is 0 Å². The maximum Gasteiger partial charge on any atom is 0.547 e. The van der Waals surface area contributed by atoms with Crippen molar-refractivity contribution in [2.45, 2.75) is 23.9 Å². The Morgan fingerprint density at radius 1 is 1.52 bits per heavy atom. The summed E-state index contributed by atoms with van der Waals surface area (Å²) in [4.78, 5) is 23.4. The number of carbonyl (C=O) groups excluding carboxylic acids is 1. The Morgan fingerprint density at radius 2 is 2.32 bits per heavy atom. The highest BCUT2D eigenvalue weighted by Crippen LogP contribution is 2.30. The monoisotopic (exact) mass is 474 g/mol. The van der Waals surface area contributed by atoms with Gasteiger partial charge in [0.2, 0.25) is 5.91 Å². The van der Waals surface area contributed by atoms with Crippen molar-refractivity contribution < 1.29 is 24.4 Å². The molecule has 130 valence electrons. The summed E-state index contributed by atoms with van der Waals surface area (Å²) in [5.41, 5.74) is 0.590. The third-order valence-corrected chi connectivity index (χ3v) is 5.30. The Hall–Kier alpha value is -1.80. The molecule has 3 rings (SSSR count). The van der Waals surface area contributed by atoms with Gasteiger partial charge in [-0.25, -0.2) is 9.48 Å². The number of amides is 1. The number of halogens is 1. The van der Waals surface area contributed by atoms with Crippen molar-refractivity contribution in [1.29, 1.82) is 0 Å². The summed E-state index contributed by atoms with van der Waals surface area (Å²) in [6, 6.07) is 4.70. The molecular weight excluding hydrogens is 462 g/mol. The summed E-state index contributed by atoms with van der Waals surface area (Å²) in [6.45, 7) is -0.0462. The second-order valence-corrected chi connectivity index (χ2v) is 7.21. The number of carboxylic acid groups (broad SMARTS) is 1. The minimum Gasteiger partial charge on any atom is -0.534 e. The number of hydrogen-bond acceptors (Lipinski definition) is 7. The zero-order valence-corrected chi connectivity index (χ0v) is 15.6. The van der Waals surface area contributed by atoms with Crippen LogP contribution in [-0.2, 0) is 17.8 Å². The molecule has 1 atom stereocenters. The molecule has 12 heteroatoms. The Kier molecular flexibility index (Phi) is 5.49. The number of nitrogens with one attached hydrogen (secondary N) is 1. The minimum absolute atomic E-state index is 0.0206. The first-order valence-corrected chi connectivity index (χ1v) is 10.5. The lowest BCUT2D eigenvalue weighted by Gasteiger charge is -2.28. The van der Waals surface area contributed by atoms with Crippen LogP contribution in [0.4, 0.5) is 0 Å². The van der Waals surface area contributed by atoms with E-state index >= 15 is 0 Å². The molecule has 0 spiro atoms. The van der Waals surface area contributed by atoms with Crippen LogP contribution in [0.3, 0.4) is 0 Å². The first-order chi connectivity index (χ1) is 12.0. The summed E-state index contributed by atoms with van der Waals surface area (Å²) >= 11 is 2.06. The molecule has 1 aliphatic rings. The van der Waals surface area contributed by atoms with Crippen LogP contribution in [-0.4, -0.2) is 50.1 Å². The maximum absolute atomic E-state index is 12.1. The molecule has 0 aliphatic carbocycles. The topological polar surface area (TPSA) is 127 Å². The number of carbonyl (C=O) groups is 2. The number of aromatic nitrogens is 3. The Bertz CT molecular complexity index is 819. The van der Waals surface area contributed by atoms with Gasteiger partial charge in [0.15, 0.2) is 0 Å². The van der Waals surface area contributed by atoms with Crippen molar-refractivity contribution in [3.05, 3.63) is 35.5 Å². The summed E-state index contributed by atoms with van der Waals surface area (Å²) in [5, 5.41) is 30.3. The average Bonchev–Trinajstić information content (AvgIpc) is 3.02. The van der Waals surface area contributed by atoms with Crippen LogP contribution in [0.15, 0.2) is 29.4 Å². The molecule has 9 nitrogen and oxygen atoms in total. The SMILES string of the molecule is O=C(Cn1cc(SI)nn1)NC1Cc2cccc(C(=O)O)c2OB1O. The van der Waals surface area contributed by atoms with Gasteiger partial charge in [-0.15, -0.1) is 5.10 Å². The lowest BCUT2D eigenvalue weighted by atomic mass is 9.72. The second-order valence-electron chi connectivity index (χ2n) is 5.32. The Balaban J connectivity index is 1.68. The van der Waals surface area contributed by atoms with E-state index in [1.807, 2.05) is 0 Å². The zero-order chi connectivity index (χ0) is 18.0. The van der Waals surface area contributed by atoms with Gasteiger partial charge in [0, 0.05) is 21.2 Å². The van der Waals surface area contributed by atoms with Crippen molar-refractivity contribution in [2.24, 2.45) is 0 Å². The second kappa shape index (κ2) is 7.62. The fourth-order valence-corrected chi connectivity index (χ4v) is 3.34. The molecule has 25 heavy (non-hydrogen) atoms. The quantitative estimate of drug-likeness (QED) is 0.424. The average molecular weight is 474 g/mol. The summed E-state index contributed by atoms with van der Waals surface area (Å²) in [5.74, 6) is -2.05. The predicted octanol–water partition coefficient (Wildman–Crippen LogP) is 0.558. The number of benzene rings is 1. The number of nitrogens with zero attached hydrogens (tertiary/aromatic N) is 3. The van der Waals surface area contributed by atoms with Crippen LogP contribution >= 0.6 is 30.1 Å². The molecule has 3 N–H and O–H groups in total. The van der Waals surface area contributed by atoms with E-state index in [1.54, 1.807) is 18.3 Å². The molecule has 1 aromatic heterocycles. The molecule has 0 fully saturated rings. The largest absolute Gasteiger partial charge is 0.547 e. The van der Waals surface area contributed by atoms with E-state index in [1.165, 1.54) is 19.7 Å². The van der Waals surface area contributed by atoms with E-state index in [0.29, 0.717) is 10.6 Å². The predicted molar refractivity (Wildman–Crippen MR) is 97.5 cm³/mol. The fourth-order valence-electron chi connectivity index (χ4n) is 2.51. The summed E-state index contributed by atoms with van der Waals surface area (Å²) < 4.78 is 6.72. The third kappa shape index (κ3) is 4.07. The van der Waals surface area contributed by atoms with Crippen molar-refractivity contribution in [1.82, 2.24) is 20.3 Å². The first kappa shape index (κ1) is 18.0. The smallest absolute Gasteiger partial charge is 0.534 e.